The van der Waals surface area contributed by atoms with Crippen molar-refractivity contribution in [2.24, 2.45) is 5.10 Å². The second kappa shape index (κ2) is 12.1. The summed E-state index contributed by atoms with van der Waals surface area (Å²) in [6.07, 6.45) is 1.43. The maximum absolute atomic E-state index is 12.1. The fraction of sp³-hybridized carbons (Fsp3) is 0.217. The van der Waals surface area contributed by atoms with Crippen molar-refractivity contribution >= 4 is 41.2 Å². The van der Waals surface area contributed by atoms with Gasteiger partial charge < -0.3 is 9.47 Å². The Bertz CT molecular complexity index is 1230. The quantitative estimate of drug-likeness (QED) is 0.137. The van der Waals surface area contributed by atoms with E-state index in [1.54, 1.807) is 24.3 Å². The Kier molecular flexibility index (Phi) is 8.98. The second-order valence-electron chi connectivity index (χ2n) is 7.26. The number of nitro groups is 1. The van der Waals surface area contributed by atoms with Crippen LogP contribution in [0.3, 0.4) is 0 Å². The van der Waals surface area contributed by atoms with Gasteiger partial charge >= 0.3 is 0 Å². The first kappa shape index (κ1) is 25.9. The first-order valence-electron chi connectivity index (χ1n) is 10.3. The number of non-ortho nitro benzene ring substituents is 1. The molecule has 12 heteroatoms. The first-order chi connectivity index (χ1) is 16.7. The molecule has 1 amide bonds. The first-order valence-corrected chi connectivity index (χ1v) is 11.6. The third-order valence-electron chi connectivity index (χ3n) is 4.48. The second-order valence-corrected chi connectivity index (χ2v) is 8.61. The monoisotopic (exact) mass is 515 g/mol. The number of amides is 1. The van der Waals surface area contributed by atoms with Crippen LogP contribution in [0.5, 0.6) is 11.5 Å². The molecule has 1 N–H and O–H groups in total. The average Bonchev–Trinajstić information content (AvgIpc) is 2.81. The predicted molar refractivity (Wildman–Crippen MR) is 133 cm³/mol. The minimum Gasteiger partial charge on any atom is -0.493 e. The van der Waals surface area contributed by atoms with Gasteiger partial charge in [-0.3, -0.25) is 14.9 Å². The fourth-order valence-electron chi connectivity index (χ4n) is 2.92. The van der Waals surface area contributed by atoms with Crippen LogP contribution in [0, 0.1) is 24.0 Å². The summed E-state index contributed by atoms with van der Waals surface area (Å²) in [5, 5.41) is 15.5. The lowest BCUT2D eigenvalue weighted by Gasteiger charge is -2.13. The summed E-state index contributed by atoms with van der Waals surface area (Å²) >= 11 is 7.59. The molecule has 0 atom stereocenters. The lowest BCUT2D eigenvalue weighted by molar-refractivity contribution is -0.384. The molecule has 0 saturated carbocycles. The van der Waals surface area contributed by atoms with Crippen LogP contribution in [0.15, 0.2) is 52.7 Å². The zero-order chi connectivity index (χ0) is 25.4. The number of hydrogen-bond donors (Lipinski definition) is 1. The summed E-state index contributed by atoms with van der Waals surface area (Å²) in [6.45, 7) is 3.88. The van der Waals surface area contributed by atoms with E-state index in [9.17, 15) is 14.9 Å². The smallest absolute Gasteiger partial charge is 0.269 e. The Morgan fingerprint density at radius 2 is 1.89 bits per heavy atom. The number of methoxy groups -OCH3 is 1. The highest BCUT2D eigenvalue weighted by molar-refractivity contribution is 7.99. The number of rotatable bonds is 10. The zero-order valence-electron chi connectivity index (χ0n) is 19.1. The maximum atomic E-state index is 12.1. The number of halogens is 1. The largest absolute Gasteiger partial charge is 0.493 e. The Balaban J connectivity index is 1.58. The number of benzene rings is 2. The standard InChI is InChI=1S/C23H22ClN5O5S/c1-14-8-15(2)27-23(26-14)35-13-21(30)28-25-11-17-9-19(24)22(20(10-17)33-3)34-12-16-4-6-18(7-5-16)29(31)32/h4-11H,12-13H2,1-3H3,(H,28,30)/b25-11-. The highest BCUT2D eigenvalue weighted by atomic mass is 35.5. The molecule has 2 aromatic carbocycles. The fourth-order valence-corrected chi connectivity index (χ4v) is 3.94. The minimum absolute atomic E-state index is 0.00252. The molecule has 0 aliphatic carbocycles. The number of hydrogen-bond acceptors (Lipinski definition) is 9. The molecule has 0 unspecified atom stereocenters. The van der Waals surface area contributed by atoms with Gasteiger partial charge in [-0.2, -0.15) is 5.10 Å². The Hall–Kier alpha value is -3.70. The van der Waals surface area contributed by atoms with Gasteiger partial charge in [0.05, 0.1) is 29.0 Å². The third-order valence-corrected chi connectivity index (χ3v) is 5.61. The number of aryl methyl sites for hydroxylation is 2. The summed E-state index contributed by atoms with van der Waals surface area (Å²) in [5.41, 5.74) is 5.44. The van der Waals surface area contributed by atoms with Gasteiger partial charge in [-0.1, -0.05) is 23.4 Å². The van der Waals surface area contributed by atoms with Crippen LogP contribution in [0.1, 0.15) is 22.5 Å². The van der Waals surface area contributed by atoms with Gasteiger partial charge in [0, 0.05) is 23.5 Å². The van der Waals surface area contributed by atoms with Gasteiger partial charge in [-0.15, -0.1) is 0 Å². The summed E-state index contributed by atoms with van der Waals surface area (Å²) < 4.78 is 11.2. The van der Waals surface area contributed by atoms with Gasteiger partial charge in [0.1, 0.15) is 6.61 Å². The molecule has 1 aromatic heterocycles. The van der Waals surface area contributed by atoms with Crippen molar-refractivity contribution in [3.05, 3.63) is 80.1 Å². The molecule has 0 spiro atoms. The van der Waals surface area contributed by atoms with Crippen LogP contribution in [-0.2, 0) is 11.4 Å². The van der Waals surface area contributed by atoms with Gasteiger partial charge in [-0.25, -0.2) is 15.4 Å². The van der Waals surface area contributed by atoms with Crippen molar-refractivity contribution in [2.45, 2.75) is 25.6 Å². The maximum Gasteiger partial charge on any atom is 0.269 e. The zero-order valence-corrected chi connectivity index (χ0v) is 20.7. The lowest BCUT2D eigenvalue weighted by atomic mass is 10.2. The molecule has 0 aliphatic rings. The number of carbonyl (C=O) groups excluding carboxylic acids is 1. The van der Waals surface area contributed by atoms with Crippen molar-refractivity contribution in [3.8, 4) is 11.5 Å². The van der Waals surface area contributed by atoms with E-state index in [-0.39, 0.29) is 29.0 Å². The number of hydrazone groups is 1. The van der Waals surface area contributed by atoms with E-state index in [4.69, 9.17) is 21.1 Å². The third kappa shape index (κ3) is 7.66. The topological polar surface area (TPSA) is 129 Å². The Morgan fingerprint density at radius 1 is 1.20 bits per heavy atom. The summed E-state index contributed by atoms with van der Waals surface area (Å²) in [4.78, 5) is 31.0. The van der Waals surface area contributed by atoms with Crippen molar-refractivity contribution in [1.82, 2.24) is 15.4 Å². The number of nitro benzene ring substituents is 1. The summed E-state index contributed by atoms with van der Waals surface area (Å²) in [5.74, 6) is 0.489. The van der Waals surface area contributed by atoms with Crippen molar-refractivity contribution in [3.63, 3.8) is 0 Å². The number of aromatic nitrogens is 2. The van der Waals surface area contributed by atoms with E-state index in [0.29, 0.717) is 22.2 Å². The van der Waals surface area contributed by atoms with E-state index in [2.05, 4.69) is 20.5 Å². The van der Waals surface area contributed by atoms with Crippen molar-refractivity contribution in [1.29, 1.82) is 0 Å². The van der Waals surface area contributed by atoms with Crippen LogP contribution < -0.4 is 14.9 Å². The summed E-state index contributed by atoms with van der Waals surface area (Å²) in [7, 11) is 1.47. The van der Waals surface area contributed by atoms with Gasteiger partial charge in [0.2, 0.25) is 0 Å². The van der Waals surface area contributed by atoms with E-state index in [1.807, 2.05) is 19.9 Å². The molecule has 0 aliphatic heterocycles. The molecule has 1 heterocycles. The molecule has 0 bridgehead atoms. The predicted octanol–water partition coefficient (Wildman–Crippen LogP) is 4.49. The molecule has 0 radical (unpaired) electrons. The van der Waals surface area contributed by atoms with E-state index in [1.165, 1.54) is 37.2 Å². The SMILES string of the molecule is COc1cc(/C=N\NC(=O)CSc2nc(C)cc(C)n2)cc(Cl)c1OCc1ccc([N+](=O)[O-])cc1. The van der Waals surface area contributed by atoms with Crippen LogP contribution in [0.2, 0.25) is 5.02 Å². The minimum atomic E-state index is -0.467. The Morgan fingerprint density at radius 3 is 2.51 bits per heavy atom. The van der Waals surface area contributed by atoms with Gasteiger partial charge in [0.25, 0.3) is 11.6 Å². The molecule has 3 rings (SSSR count). The van der Waals surface area contributed by atoms with E-state index in [0.717, 1.165) is 17.0 Å². The van der Waals surface area contributed by atoms with E-state index >= 15 is 0 Å². The molecule has 0 fully saturated rings. The van der Waals surface area contributed by atoms with Gasteiger partial charge in [-0.05, 0) is 55.3 Å². The highest BCUT2D eigenvalue weighted by Crippen LogP contribution is 2.36. The molecule has 35 heavy (non-hydrogen) atoms. The summed E-state index contributed by atoms with van der Waals surface area (Å²) in [6, 6.07) is 11.1. The van der Waals surface area contributed by atoms with Crippen LogP contribution >= 0.6 is 23.4 Å². The number of thioether (sulfide) groups is 1. The van der Waals surface area contributed by atoms with Crippen LogP contribution in [0.25, 0.3) is 0 Å². The molecule has 0 saturated heterocycles. The number of nitrogens with zero attached hydrogens (tertiary/aromatic N) is 4. The highest BCUT2D eigenvalue weighted by Gasteiger charge is 2.13. The van der Waals surface area contributed by atoms with E-state index < -0.39 is 4.92 Å². The van der Waals surface area contributed by atoms with Gasteiger partial charge in [0.15, 0.2) is 16.7 Å². The molecular weight excluding hydrogens is 494 g/mol. The van der Waals surface area contributed by atoms with Crippen LogP contribution in [0.4, 0.5) is 5.69 Å². The van der Waals surface area contributed by atoms with Crippen molar-refractivity contribution in [2.75, 3.05) is 12.9 Å². The molecule has 182 valence electrons. The molecular formula is C23H22ClN5O5S. The number of carbonyl (C=O) groups is 1. The van der Waals surface area contributed by atoms with Crippen molar-refractivity contribution < 1.29 is 19.2 Å². The number of ether oxygens (including phenoxy) is 2. The van der Waals surface area contributed by atoms with Crippen LogP contribution in [-0.4, -0.2) is 39.9 Å². The number of nitrogens with one attached hydrogen (secondary N) is 1. The molecule has 3 aromatic rings. The molecule has 10 nitrogen and oxygen atoms in total. The average molecular weight is 516 g/mol. The normalized spacial score (nSPS) is 10.9. The lowest BCUT2D eigenvalue weighted by Crippen LogP contribution is -2.19. The Labute approximate surface area is 210 Å².